The van der Waals surface area contributed by atoms with Crippen LogP contribution >= 0.6 is 11.8 Å². The number of aromatic nitrogens is 3. The molecule has 0 aliphatic heterocycles. The van der Waals surface area contributed by atoms with Crippen LogP contribution in [0.1, 0.15) is 5.56 Å². The molecule has 0 N–H and O–H groups in total. The summed E-state index contributed by atoms with van der Waals surface area (Å²) in [4.78, 5) is 4.27. The van der Waals surface area contributed by atoms with E-state index in [2.05, 4.69) is 16.2 Å². The van der Waals surface area contributed by atoms with Crippen molar-refractivity contribution in [2.45, 2.75) is 5.03 Å². The fourth-order valence-corrected chi connectivity index (χ4v) is 1.57. The molecule has 0 unspecified atom stereocenters. The Morgan fingerprint density at radius 3 is 3.15 bits per heavy atom. The quantitative estimate of drug-likeness (QED) is 0.502. The van der Waals surface area contributed by atoms with Crippen LogP contribution in [0.2, 0.25) is 0 Å². The van der Waals surface area contributed by atoms with E-state index in [9.17, 15) is 0 Å². The van der Waals surface area contributed by atoms with Gasteiger partial charge >= 0.3 is 0 Å². The van der Waals surface area contributed by atoms with E-state index >= 15 is 0 Å². The number of nitrogens with zero attached hydrogens (tertiary/aromatic N) is 4. The molecule has 2 rings (SSSR count). The Balaban J connectivity index is 2.76. The van der Waals surface area contributed by atoms with Crippen LogP contribution in [-0.2, 0) is 0 Å². The summed E-state index contributed by atoms with van der Waals surface area (Å²) in [5.74, 6) is 0. The third kappa shape index (κ3) is 1.25. The maximum absolute atomic E-state index is 8.80. The monoisotopic (exact) mass is 190 g/mol. The van der Waals surface area contributed by atoms with Crippen molar-refractivity contribution in [2.75, 3.05) is 6.26 Å². The molecule has 13 heavy (non-hydrogen) atoms. The minimum absolute atomic E-state index is 0.559. The van der Waals surface area contributed by atoms with Gasteiger partial charge in [-0.15, -0.1) is 11.8 Å². The van der Waals surface area contributed by atoms with Gasteiger partial charge in [-0.25, -0.2) is 9.50 Å². The predicted octanol–water partition coefficient (Wildman–Crippen LogP) is 1.32. The third-order valence-corrected chi connectivity index (χ3v) is 2.36. The Morgan fingerprint density at radius 1 is 1.62 bits per heavy atom. The number of thioether (sulfide) groups is 1. The maximum Gasteiger partial charge on any atom is 0.156 e. The fourth-order valence-electron chi connectivity index (χ4n) is 1.07. The Morgan fingerprint density at radius 2 is 2.46 bits per heavy atom. The largest absolute Gasteiger partial charge is 0.221 e. The molecule has 0 atom stereocenters. The molecule has 0 aliphatic carbocycles. The van der Waals surface area contributed by atoms with E-state index in [0.29, 0.717) is 5.56 Å². The van der Waals surface area contributed by atoms with E-state index in [1.54, 1.807) is 23.0 Å². The number of fused-ring (bicyclic) bond motifs is 1. The first-order valence-corrected chi connectivity index (χ1v) is 4.86. The van der Waals surface area contributed by atoms with Gasteiger partial charge in [0.25, 0.3) is 0 Å². The standard InChI is InChI=1S/C8H6N4S/c1-13-8-6(4-9)5-12-7(11-8)2-3-10-12/h2-3,5H,1H3. The van der Waals surface area contributed by atoms with Crippen LogP contribution in [0.25, 0.3) is 5.65 Å². The minimum Gasteiger partial charge on any atom is -0.221 e. The van der Waals surface area contributed by atoms with Crippen LogP contribution in [0.4, 0.5) is 0 Å². The van der Waals surface area contributed by atoms with Gasteiger partial charge in [-0.3, -0.25) is 0 Å². The van der Waals surface area contributed by atoms with Gasteiger partial charge < -0.3 is 0 Å². The first-order valence-electron chi connectivity index (χ1n) is 3.63. The van der Waals surface area contributed by atoms with Gasteiger partial charge in [0.1, 0.15) is 16.7 Å². The van der Waals surface area contributed by atoms with Crippen molar-refractivity contribution in [1.29, 1.82) is 5.26 Å². The Labute approximate surface area is 79.2 Å². The highest BCUT2D eigenvalue weighted by Gasteiger charge is 2.04. The van der Waals surface area contributed by atoms with E-state index in [1.807, 2.05) is 6.26 Å². The summed E-state index contributed by atoms with van der Waals surface area (Å²) < 4.78 is 1.60. The van der Waals surface area contributed by atoms with Crippen molar-refractivity contribution in [3.05, 3.63) is 24.0 Å². The van der Waals surface area contributed by atoms with E-state index in [1.165, 1.54) is 11.8 Å². The molecular weight excluding hydrogens is 184 g/mol. The van der Waals surface area contributed by atoms with Crippen LogP contribution in [0.3, 0.4) is 0 Å². The highest BCUT2D eigenvalue weighted by molar-refractivity contribution is 7.98. The summed E-state index contributed by atoms with van der Waals surface area (Å²) in [5.41, 5.74) is 1.33. The molecule has 2 aromatic heterocycles. The van der Waals surface area contributed by atoms with Crippen molar-refractivity contribution in [3.63, 3.8) is 0 Å². The average Bonchev–Trinajstić information content (AvgIpc) is 2.62. The van der Waals surface area contributed by atoms with Crippen molar-refractivity contribution in [2.24, 2.45) is 0 Å². The molecule has 64 valence electrons. The zero-order valence-electron chi connectivity index (χ0n) is 6.93. The second kappa shape index (κ2) is 3.07. The first-order chi connectivity index (χ1) is 6.35. The molecule has 0 aromatic carbocycles. The summed E-state index contributed by atoms with van der Waals surface area (Å²) in [5, 5.41) is 13.5. The molecule has 0 radical (unpaired) electrons. The van der Waals surface area contributed by atoms with Gasteiger partial charge in [-0.2, -0.15) is 10.4 Å². The number of hydrogen-bond donors (Lipinski definition) is 0. The highest BCUT2D eigenvalue weighted by atomic mass is 32.2. The maximum atomic E-state index is 8.80. The van der Waals surface area contributed by atoms with Gasteiger partial charge in [0, 0.05) is 6.07 Å². The summed E-state index contributed by atoms with van der Waals surface area (Å²) in [6.45, 7) is 0. The lowest BCUT2D eigenvalue weighted by Crippen LogP contribution is -1.94. The Kier molecular flexibility index (Phi) is 1.91. The minimum atomic E-state index is 0.559. The van der Waals surface area contributed by atoms with Crippen molar-refractivity contribution < 1.29 is 0 Å². The van der Waals surface area contributed by atoms with Crippen molar-refractivity contribution in [3.8, 4) is 6.07 Å². The number of nitriles is 1. The molecule has 2 aromatic rings. The van der Waals surface area contributed by atoms with Crippen molar-refractivity contribution >= 4 is 17.4 Å². The molecule has 0 bridgehead atoms. The van der Waals surface area contributed by atoms with E-state index in [-0.39, 0.29) is 0 Å². The van der Waals surface area contributed by atoms with Crippen LogP contribution in [0.15, 0.2) is 23.5 Å². The third-order valence-electron chi connectivity index (χ3n) is 1.66. The van der Waals surface area contributed by atoms with Gasteiger partial charge in [0.15, 0.2) is 5.65 Å². The second-order valence-corrected chi connectivity index (χ2v) is 3.20. The smallest absolute Gasteiger partial charge is 0.156 e. The summed E-state index contributed by atoms with van der Waals surface area (Å²) in [7, 11) is 0. The Bertz CT molecular complexity index is 482. The lowest BCUT2D eigenvalue weighted by Gasteiger charge is -1.99. The fraction of sp³-hybridized carbons (Fsp3) is 0.125. The normalized spacial score (nSPS) is 10.2. The van der Waals surface area contributed by atoms with E-state index in [0.717, 1.165) is 10.7 Å². The van der Waals surface area contributed by atoms with Crippen molar-refractivity contribution in [1.82, 2.24) is 14.6 Å². The van der Waals surface area contributed by atoms with Crippen LogP contribution < -0.4 is 0 Å². The summed E-state index contributed by atoms with van der Waals surface area (Å²) in [6.07, 6.45) is 5.25. The van der Waals surface area contributed by atoms with Crippen LogP contribution in [-0.4, -0.2) is 20.9 Å². The summed E-state index contributed by atoms with van der Waals surface area (Å²) in [6, 6.07) is 3.89. The topological polar surface area (TPSA) is 54.0 Å². The van der Waals surface area contributed by atoms with Gasteiger partial charge in [0.05, 0.1) is 12.4 Å². The van der Waals surface area contributed by atoms with Gasteiger partial charge in [-0.05, 0) is 6.26 Å². The number of rotatable bonds is 1. The SMILES string of the molecule is CSc1nc2ccnn2cc1C#N. The number of hydrogen-bond acceptors (Lipinski definition) is 4. The molecule has 0 spiro atoms. The Hall–Kier alpha value is -1.54. The molecule has 5 heteroatoms. The average molecular weight is 190 g/mol. The molecule has 0 amide bonds. The van der Waals surface area contributed by atoms with Gasteiger partial charge in [-0.1, -0.05) is 0 Å². The predicted molar refractivity (Wildman–Crippen MR) is 49.5 cm³/mol. The molecule has 0 saturated heterocycles. The van der Waals surface area contributed by atoms with Crippen LogP contribution in [0, 0.1) is 11.3 Å². The molecule has 0 aliphatic rings. The zero-order chi connectivity index (χ0) is 9.26. The van der Waals surface area contributed by atoms with Gasteiger partial charge in [0.2, 0.25) is 0 Å². The molecule has 0 saturated carbocycles. The lowest BCUT2D eigenvalue weighted by molar-refractivity contribution is 0.908. The molecule has 0 fully saturated rings. The molecule has 4 nitrogen and oxygen atoms in total. The molecular formula is C8H6N4S. The van der Waals surface area contributed by atoms with E-state index in [4.69, 9.17) is 5.26 Å². The second-order valence-electron chi connectivity index (χ2n) is 2.41. The highest BCUT2D eigenvalue weighted by Crippen LogP contribution is 2.17. The first kappa shape index (κ1) is 8.08. The van der Waals surface area contributed by atoms with E-state index < -0.39 is 0 Å². The zero-order valence-corrected chi connectivity index (χ0v) is 7.75. The van der Waals surface area contributed by atoms with Crippen LogP contribution in [0.5, 0.6) is 0 Å². The molecule has 2 heterocycles. The summed E-state index contributed by atoms with van der Waals surface area (Å²) >= 11 is 1.46. The lowest BCUT2D eigenvalue weighted by atomic mass is 10.4.